The largest absolute Gasteiger partial charge is 0.310 e. The van der Waals surface area contributed by atoms with Gasteiger partial charge < -0.3 is 4.57 Å². The predicted octanol–water partition coefficient (Wildman–Crippen LogP) is 2.65. The van der Waals surface area contributed by atoms with Gasteiger partial charge in [0.2, 0.25) is 0 Å². The maximum absolute atomic E-state index is 4.20. The molecule has 2 aromatic heterocycles. The van der Waals surface area contributed by atoms with Gasteiger partial charge in [0.15, 0.2) is 5.82 Å². The van der Waals surface area contributed by atoms with Crippen LogP contribution in [-0.2, 0) is 0 Å². The van der Waals surface area contributed by atoms with Crippen molar-refractivity contribution in [2.24, 2.45) is 0 Å². The molecule has 0 saturated heterocycles. The van der Waals surface area contributed by atoms with E-state index in [0.717, 1.165) is 5.82 Å². The average Bonchev–Trinajstić information content (AvgIpc) is 2.75. The summed E-state index contributed by atoms with van der Waals surface area (Å²) in [5.41, 5.74) is 2.53. The topological polar surface area (TPSA) is 30.7 Å². The molecule has 2 heterocycles. The lowest BCUT2D eigenvalue weighted by atomic mass is 10.2. The van der Waals surface area contributed by atoms with Crippen molar-refractivity contribution in [1.29, 1.82) is 0 Å². The first kappa shape index (κ1) is 8.17. The highest BCUT2D eigenvalue weighted by Crippen LogP contribution is 2.38. The predicted molar refractivity (Wildman–Crippen MR) is 56.3 cm³/mol. The minimum Gasteiger partial charge on any atom is -0.310 e. The smallest absolute Gasteiger partial charge is 0.165 e. The molecule has 4 heteroatoms. The van der Waals surface area contributed by atoms with E-state index in [1.165, 1.54) is 24.0 Å². The summed E-state index contributed by atoms with van der Waals surface area (Å²) in [4.78, 5) is 0. The highest BCUT2D eigenvalue weighted by atomic mass is 32.1. The van der Waals surface area contributed by atoms with Gasteiger partial charge in [0.05, 0.1) is 0 Å². The van der Waals surface area contributed by atoms with Crippen molar-refractivity contribution in [3.05, 3.63) is 22.7 Å². The van der Waals surface area contributed by atoms with Gasteiger partial charge >= 0.3 is 0 Å². The van der Waals surface area contributed by atoms with E-state index in [1.54, 1.807) is 11.3 Å². The number of aryl methyl sites for hydroxylation is 1. The summed E-state index contributed by atoms with van der Waals surface area (Å²) < 4.78 is 2.20. The zero-order valence-electron chi connectivity index (χ0n) is 7.97. The molecule has 0 spiro atoms. The van der Waals surface area contributed by atoms with Crippen molar-refractivity contribution in [1.82, 2.24) is 14.8 Å². The van der Waals surface area contributed by atoms with Gasteiger partial charge in [-0.15, -0.1) is 10.2 Å². The zero-order valence-corrected chi connectivity index (χ0v) is 8.79. The Morgan fingerprint density at radius 1 is 1.43 bits per heavy atom. The molecule has 0 aliphatic heterocycles. The van der Waals surface area contributed by atoms with Gasteiger partial charge in [-0.25, -0.2) is 0 Å². The number of hydrogen-bond donors (Lipinski definition) is 0. The molecule has 1 fully saturated rings. The molecule has 72 valence electrons. The summed E-state index contributed by atoms with van der Waals surface area (Å²) in [5, 5.41) is 12.5. The van der Waals surface area contributed by atoms with E-state index in [-0.39, 0.29) is 0 Å². The van der Waals surface area contributed by atoms with Crippen molar-refractivity contribution >= 4 is 11.3 Å². The third kappa shape index (κ3) is 1.18. The molecule has 0 N–H and O–H groups in total. The Balaban J connectivity index is 2.11. The minimum atomic E-state index is 0.652. The van der Waals surface area contributed by atoms with Crippen LogP contribution in [0.1, 0.15) is 24.4 Å². The van der Waals surface area contributed by atoms with E-state index < -0.39 is 0 Å². The van der Waals surface area contributed by atoms with Crippen LogP contribution in [0.2, 0.25) is 0 Å². The number of thiophene rings is 1. The fraction of sp³-hybridized carbons (Fsp3) is 0.400. The van der Waals surface area contributed by atoms with Crippen LogP contribution < -0.4 is 0 Å². The highest BCUT2D eigenvalue weighted by Gasteiger charge is 2.26. The summed E-state index contributed by atoms with van der Waals surface area (Å²) in [6.45, 7) is 2.12. The maximum atomic E-state index is 4.20. The summed E-state index contributed by atoms with van der Waals surface area (Å²) in [7, 11) is 0. The lowest BCUT2D eigenvalue weighted by molar-refractivity contribution is 0.746. The van der Waals surface area contributed by atoms with Gasteiger partial charge in [-0.1, -0.05) is 0 Å². The van der Waals surface area contributed by atoms with Crippen LogP contribution in [0, 0.1) is 6.92 Å². The van der Waals surface area contributed by atoms with Crippen LogP contribution in [0.5, 0.6) is 0 Å². The van der Waals surface area contributed by atoms with E-state index in [2.05, 4.69) is 32.4 Å². The average molecular weight is 205 g/mol. The molecule has 2 aromatic rings. The molecule has 0 bridgehead atoms. The fourth-order valence-corrected chi connectivity index (χ4v) is 2.47. The van der Waals surface area contributed by atoms with E-state index in [0.29, 0.717) is 6.04 Å². The summed E-state index contributed by atoms with van der Waals surface area (Å²) in [6.07, 6.45) is 4.40. The molecule has 1 aliphatic carbocycles. The van der Waals surface area contributed by atoms with Crippen LogP contribution in [0.15, 0.2) is 17.1 Å². The number of rotatable bonds is 2. The standard InChI is InChI=1S/C10H11N3S/c1-7-4-14-5-9(7)10-12-11-6-13(10)8-2-3-8/h4-6,8H,2-3H2,1H3. The molecule has 3 nitrogen and oxygen atoms in total. The Bertz CT molecular complexity index is 453. The first-order valence-electron chi connectivity index (χ1n) is 4.79. The van der Waals surface area contributed by atoms with Crippen LogP contribution in [-0.4, -0.2) is 14.8 Å². The number of hydrogen-bond acceptors (Lipinski definition) is 3. The van der Waals surface area contributed by atoms with E-state index in [9.17, 15) is 0 Å². The Morgan fingerprint density at radius 2 is 2.29 bits per heavy atom. The summed E-state index contributed by atoms with van der Waals surface area (Å²) >= 11 is 1.72. The summed E-state index contributed by atoms with van der Waals surface area (Å²) in [6, 6.07) is 0.652. The molecule has 1 aliphatic rings. The Labute approximate surface area is 86.4 Å². The van der Waals surface area contributed by atoms with Crippen LogP contribution in [0.25, 0.3) is 11.4 Å². The molecule has 0 amide bonds. The second-order valence-corrected chi connectivity index (χ2v) is 4.51. The maximum Gasteiger partial charge on any atom is 0.165 e. The van der Waals surface area contributed by atoms with Gasteiger partial charge in [0.25, 0.3) is 0 Å². The first-order chi connectivity index (χ1) is 6.86. The first-order valence-corrected chi connectivity index (χ1v) is 5.73. The second-order valence-electron chi connectivity index (χ2n) is 3.76. The number of nitrogens with zero attached hydrogens (tertiary/aromatic N) is 3. The fourth-order valence-electron chi connectivity index (χ4n) is 1.64. The molecule has 0 aromatic carbocycles. The third-order valence-corrected chi connectivity index (χ3v) is 3.47. The van der Waals surface area contributed by atoms with Gasteiger partial charge in [-0.05, 0) is 30.7 Å². The van der Waals surface area contributed by atoms with Crippen molar-refractivity contribution in [2.45, 2.75) is 25.8 Å². The van der Waals surface area contributed by atoms with Crippen LogP contribution in [0.4, 0.5) is 0 Å². The van der Waals surface area contributed by atoms with Gasteiger partial charge in [0, 0.05) is 17.0 Å². The van der Waals surface area contributed by atoms with Crippen molar-refractivity contribution in [3.63, 3.8) is 0 Å². The van der Waals surface area contributed by atoms with Gasteiger partial charge in [-0.2, -0.15) is 11.3 Å². The lowest BCUT2D eigenvalue weighted by Crippen LogP contribution is -1.95. The van der Waals surface area contributed by atoms with Gasteiger partial charge in [-0.3, -0.25) is 0 Å². The highest BCUT2D eigenvalue weighted by molar-refractivity contribution is 7.08. The van der Waals surface area contributed by atoms with E-state index in [4.69, 9.17) is 0 Å². The van der Waals surface area contributed by atoms with E-state index in [1.807, 2.05) is 6.33 Å². The SMILES string of the molecule is Cc1cscc1-c1nncn1C1CC1. The zero-order chi connectivity index (χ0) is 9.54. The molecule has 0 radical (unpaired) electrons. The minimum absolute atomic E-state index is 0.652. The normalized spacial score (nSPS) is 16.1. The van der Waals surface area contributed by atoms with Crippen molar-refractivity contribution < 1.29 is 0 Å². The molecule has 3 rings (SSSR count). The third-order valence-electron chi connectivity index (χ3n) is 2.61. The van der Waals surface area contributed by atoms with Crippen molar-refractivity contribution in [3.8, 4) is 11.4 Å². The van der Waals surface area contributed by atoms with Crippen LogP contribution in [0.3, 0.4) is 0 Å². The second kappa shape index (κ2) is 2.92. The Hall–Kier alpha value is -1.16. The van der Waals surface area contributed by atoms with Crippen molar-refractivity contribution in [2.75, 3.05) is 0 Å². The molecule has 0 atom stereocenters. The van der Waals surface area contributed by atoms with E-state index >= 15 is 0 Å². The monoisotopic (exact) mass is 205 g/mol. The molecular weight excluding hydrogens is 194 g/mol. The molecular formula is C10H11N3S. The molecule has 0 unspecified atom stereocenters. The molecule has 14 heavy (non-hydrogen) atoms. The van der Waals surface area contributed by atoms with Gasteiger partial charge in [0.1, 0.15) is 6.33 Å². The molecule has 1 saturated carbocycles. The van der Waals surface area contributed by atoms with Crippen LogP contribution >= 0.6 is 11.3 Å². The lowest BCUT2D eigenvalue weighted by Gasteiger charge is -2.02. The summed E-state index contributed by atoms with van der Waals surface area (Å²) in [5.74, 6) is 1.03. The quantitative estimate of drug-likeness (QED) is 0.754. The Kier molecular flexibility index (Phi) is 1.70. The number of aromatic nitrogens is 3. The Morgan fingerprint density at radius 3 is 2.93 bits per heavy atom.